The number of hydrogen-bond acceptors (Lipinski definition) is 4. The Kier molecular flexibility index (Phi) is 3.40. The lowest BCUT2D eigenvalue weighted by Gasteiger charge is -2.09. The molecule has 0 saturated carbocycles. The van der Waals surface area contributed by atoms with Crippen LogP contribution in [0.2, 0.25) is 0 Å². The standard InChI is InChI=1S/C11H16N2O2/c1-14-10-2-3-11(13-7-10)15-8-9-4-5-12-6-9/h2-3,7,9,12H,4-6,8H2,1H3. The number of rotatable bonds is 4. The Hall–Kier alpha value is -1.29. The van der Waals surface area contributed by atoms with Gasteiger partial charge in [0.15, 0.2) is 0 Å². The Morgan fingerprint density at radius 1 is 1.53 bits per heavy atom. The zero-order valence-electron chi connectivity index (χ0n) is 8.90. The van der Waals surface area contributed by atoms with Crippen LogP contribution >= 0.6 is 0 Å². The smallest absolute Gasteiger partial charge is 0.213 e. The minimum atomic E-state index is 0.619. The van der Waals surface area contributed by atoms with Crippen LogP contribution in [0, 0.1) is 5.92 Å². The Labute approximate surface area is 89.6 Å². The lowest BCUT2D eigenvalue weighted by atomic mass is 10.1. The monoisotopic (exact) mass is 208 g/mol. The third kappa shape index (κ3) is 2.83. The average Bonchev–Trinajstić information content (AvgIpc) is 2.80. The van der Waals surface area contributed by atoms with Crippen molar-refractivity contribution in [2.75, 3.05) is 26.8 Å². The topological polar surface area (TPSA) is 43.4 Å². The molecule has 0 aliphatic carbocycles. The summed E-state index contributed by atoms with van der Waals surface area (Å²) in [5, 5.41) is 3.31. The molecule has 1 aliphatic heterocycles. The first kappa shape index (κ1) is 10.2. The van der Waals surface area contributed by atoms with Crippen molar-refractivity contribution >= 4 is 0 Å². The molecule has 1 atom stereocenters. The van der Waals surface area contributed by atoms with E-state index in [0.717, 1.165) is 25.4 Å². The summed E-state index contributed by atoms with van der Waals surface area (Å²) in [4.78, 5) is 4.14. The van der Waals surface area contributed by atoms with E-state index in [-0.39, 0.29) is 0 Å². The summed E-state index contributed by atoms with van der Waals surface area (Å²) < 4.78 is 10.6. The first-order valence-electron chi connectivity index (χ1n) is 5.22. The molecule has 1 unspecified atom stereocenters. The molecular formula is C11H16N2O2. The van der Waals surface area contributed by atoms with Crippen molar-refractivity contribution in [3.63, 3.8) is 0 Å². The summed E-state index contributed by atoms with van der Waals surface area (Å²) in [6.45, 7) is 2.90. The lowest BCUT2D eigenvalue weighted by molar-refractivity contribution is 0.250. The Balaban J connectivity index is 1.82. The highest BCUT2D eigenvalue weighted by atomic mass is 16.5. The van der Waals surface area contributed by atoms with Crippen LogP contribution in [-0.4, -0.2) is 31.8 Å². The van der Waals surface area contributed by atoms with E-state index in [4.69, 9.17) is 9.47 Å². The Morgan fingerprint density at radius 2 is 2.47 bits per heavy atom. The molecule has 82 valence electrons. The maximum Gasteiger partial charge on any atom is 0.213 e. The van der Waals surface area contributed by atoms with Crippen molar-refractivity contribution < 1.29 is 9.47 Å². The molecule has 2 heterocycles. The Bertz CT molecular complexity index is 294. The van der Waals surface area contributed by atoms with Gasteiger partial charge in [-0.2, -0.15) is 0 Å². The van der Waals surface area contributed by atoms with Gasteiger partial charge in [-0.1, -0.05) is 0 Å². The summed E-state index contributed by atoms with van der Waals surface area (Å²) in [5.74, 6) is 2.04. The summed E-state index contributed by atoms with van der Waals surface area (Å²) in [5.41, 5.74) is 0. The van der Waals surface area contributed by atoms with Crippen molar-refractivity contribution in [1.82, 2.24) is 10.3 Å². The number of ether oxygens (including phenoxy) is 2. The summed E-state index contributed by atoms with van der Waals surface area (Å²) >= 11 is 0. The molecule has 0 bridgehead atoms. The molecule has 1 aromatic heterocycles. The van der Waals surface area contributed by atoms with Crippen LogP contribution < -0.4 is 14.8 Å². The fraction of sp³-hybridized carbons (Fsp3) is 0.545. The van der Waals surface area contributed by atoms with Gasteiger partial charge in [-0.05, 0) is 19.0 Å². The highest BCUT2D eigenvalue weighted by Gasteiger charge is 2.14. The van der Waals surface area contributed by atoms with Crippen LogP contribution in [0.1, 0.15) is 6.42 Å². The first-order chi connectivity index (χ1) is 7.38. The van der Waals surface area contributed by atoms with Gasteiger partial charge < -0.3 is 14.8 Å². The van der Waals surface area contributed by atoms with Gasteiger partial charge in [0.2, 0.25) is 5.88 Å². The Morgan fingerprint density at radius 3 is 3.07 bits per heavy atom. The average molecular weight is 208 g/mol. The van der Waals surface area contributed by atoms with Crippen molar-refractivity contribution in [1.29, 1.82) is 0 Å². The second-order valence-electron chi connectivity index (χ2n) is 3.71. The molecule has 1 aliphatic rings. The molecule has 0 spiro atoms. The van der Waals surface area contributed by atoms with Gasteiger partial charge in [-0.3, -0.25) is 0 Å². The van der Waals surface area contributed by atoms with Crippen LogP contribution in [0.3, 0.4) is 0 Å². The van der Waals surface area contributed by atoms with Gasteiger partial charge in [0.25, 0.3) is 0 Å². The predicted molar refractivity (Wildman–Crippen MR) is 57.3 cm³/mol. The van der Waals surface area contributed by atoms with Crippen LogP contribution in [0.25, 0.3) is 0 Å². The fourth-order valence-electron chi connectivity index (χ4n) is 1.63. The number of nitrogens with zero attached hydrogens (tertiary/aromatic N) is 1. The van der Waals surface area contributed by atoms with Gasteiger partial charge in [0, 0.05) is 18.5 Å². The predicted octanol–water partition coefficient (Wildman–Crippen LogP) is 1.08. The number of aromatic nitrogens is 1. The van der Waals surface area contributed by atoms with Gasteiger partial charge >= 0.3 is 0 Å². The van der Waals surface area contributed by atoms with Crippen LogP contribution in [0.15, 0.2) is 18.3 Å². The second kappa shape index (κ2) is 4.98. The molecule has 1 fully saturated rings. The van der Waals surface area contributed by atoms with E-state index in [0.29, 0.717) is 11.8 Å². The van der Waals surface area contributed by atoms with Crippen molar-refractivity contribution in [2.45, 2.75) is 6.42 Å². The van der Waals surface area contributed by atoms with Crippen LogP contribution in [-0.2, 0) is 0 Å². The fourth-order valence-corrected chi connectivity index (χ4v) is 1.63. The molecule has 15 heavy (non-hydrogen) atoms. The van der Waals surface area contributed by atoms with Crippen molar-refractivity contribution in [2.24, 2.45) is 5.92 Å². The van der Waals surface area contributed by atoms with E-state index in [9.17, 15) is 0 Å². The third-order valence-electron chi connectivity index (χ3n) is 2.57. The summed E-state index contributed by atoms with van der Waals surface area (Å²) in [7, 11) is 1.63. The normalized spacial score (nSPS) is 20.2. The molecule has 1 N–H and O–H groups in total. The highest BCUT2D eigenvalue weighted by Crippen LogP contribution is 2.15. The molecular weight excluding hydrogens is 192 g/mol. The lowest BCUT2D eigenvalue weighted by Crippen LogP contribution is -2.15. The zero-order valence-corrected chi connectivity index (χ0v) is 8.90. The number of nitrogens with one attached hydrogen (secondary N) is 1. The van der Waals surface area contributed by atoms with E-state index < -0.39 is 0 Å². The SMILES string of the molecule is COc1ccc(OCC2CCNC2)nc1. The quantitative estimate of drug-likeness (QED) is 0.804. The largest absolute Gasteiger partial charge is 0.495 e. The summed E-state index contributed by atoms with van der Waals surface area (Å²) in [6.07, 6.45) is 2.86. The molecule has 1 saturated heterocycles. The van der Waals surface area contributed by atoms with Gasteiger partial charge in [0.1, 0.15) is 5.75 Å². The van der Waals surface area contributed by atoms with Gasteiger partial charge in [0.05, 0.1) is 19.9 Å². The van der Waals surface area contributed by atoms with E-state index in [1.165, 1.54) is 6.42 Å². The maximum atomic E-state index is 5.58. The van der Waals surface area contributed by atoms with Gasteiger partial charge in [-0.15, -0.1) is 0 Å². The number of pyridine rings is 1. The minimum Gasteiger partial charge on any atom is -0.495 e. The van der Waals surface area contributed by atoms with Crippen LogP contribution in [0.4, 0.5) is 0 Å². The summed E-state index contributed by atoms with van der Waals surface area (Å²) in [6, 6.07) is 3.69. The van der Waals surface area contributed by atoms with E-state index in [1.54, 1.807) is 13.3 Å². The molecule has 2 rings (SSSR count). The minimum absolute atomic E-state index is 0.619. The molecule has 4 nitrogen and oxygen atoms in total. The molecule has 4 heteroatoms. The third-order valence-corrected chi connectivity index (χ3v) is 2.57. The molecule has 0 amide bonds. The molecule has 0 radical (unpaired) electrons. The van der Waals surface area contributed by atoms with E-state index in [2.05, 4.69) is 10.3 Å². The highest BCUT2D eigenvalue weighted by molar-refractivity contribution is 5.22. The second-order valence-corrected chi connectivity index (χ2v) is 3.71. The van der Waals surface area contributed by atoms with E-state index in [1.807, 2.05) is 12.1 Å². The number of hydrogen-bond donors (Lipinski definition) is 1. The van der Waals surface area contributed by atoms with Gasteiger partial charge in [-0.25, -0.2) is 4.98 Å². The zero-order chi connectivity index (χ0) is 10.5. The maximum absolute atomic E-state index is 5.58. The van der Waals surface area contributed by atoms with E-state index >= 15 is 0 Å². The molecule has 0 aromatic carbocycles. The van der Waals surface area contributed by atoms with Crippen LogP contribution in [0.5, 0.6) is 11.6 Å². The molecule has 1 aromatic rings. The van der Waals surface area contributed by atoms with Crippen molar-refractivity contribution in [3.05, 3.63) is 18.3 Å². The first-order valence-corrected chi connectivity index (χ1v) is 5.22. The number of methoxy groups -OCH3 is 1. The van der Waals surface area contributed by atoms with Crippen molar-refractivity contribution in [3.8, 4) is 11.6 Å².